The Morgan fingerprint density at radius 2 is 1.88 bits per heavy atom. The summed E-state index contributed by atoms with van der Waals surface area (Å²) in [4.78, 5) is 26.8. The maximum atomic E-state index is 13.5. The third-order valence-electron chi connectivity index (χ3n) is 5.92. The molecule has 1 unspecified atom stereocenters. The standard InChI is InChI=1S/C19H24N2O4/c20-17(22)13-6-9-21(11-13)18(23)19(7-2-1-3-8-19)14-4-5-15-16(10-14)25-12-24-15/h4-5,10,13H,1-3,6-9,11-12H2,(H2,20,22). The molecule has 1 aromatic carbocycles. The van der Waals surface area contributed by atoms with E-state index in [1.54, 1.807) is 0 Å². The van der Waals surface area contributed by atoms with E-state index in [4.69, 9.17) is 15.2 Å². The highest BCUT2D eigenvalue weighted by Crippen LogP contribution is 2.45. The molecule has 3 aliphatic rings. The molecule has 1 saturated heterocycles. The lowest BCUT2D eigenvalue weighted by Crippen LogP contribution is -2.47. The van der Waals surface area contributed by atoms with Gasteiger partial charge in [0.1, 0.15) is 0 Å². The summed E-state index contributed by atoms with van der Waals surface area (Å²) in [5.41, 5.74) is 5.92. The van der Waals surface area contributed by atoms with Gasteiger partial charge in [-0.25, -0.2) is 0 Å². The number of rotatable bonds is 3. The normalized spacial score (nSPS) is 24.3. The van der Waals surface area contributed by atoms with Crippen molar-refractivity contribution in [2.75, 3.05) is 19.9 Å². The van der Waals surface area contributed by atoms with Crippen LogP contribution in [0, 0.1) is 5.92 Å². The number of amides is 2. The summed E-state index contributed by atoms with van der Waals surface area (Å²) in [6.45, 7) is 1.28. The lowest BCUT2D eigenvalue weighted by molar-refractivity contribution is -0.138. The number of hydrogen-bond donors (Lipinski definition) is 1. The van der Waals surface area contributed by atoms with Gasteiger partial charge in [0, 0.05) is 13.1 Å². The first kappa shape index (κ1) is 16.2. The Balaban J connectivity index is 1.65. The minimum absolute atomic E-state index is 0.134. The zero-order valence-corrected chi connectivity index (χ0v) is 14.3. The first-order chi connectivity index (χ1) is 12.1. The molecule has 6 nitrogen and oxygen atoms in total. The molecule has 0 radical (unpaired) electrons. The first-order valence-corrected chi connectivity index (χ1v) is 9.09. The topological polar surface area (TPSA) is 81.9 Å². The van der Waals surface area contributed by atoms with Crippen LogP contribution in [0.1, 0.15) is 44.1 Å². The second-order valence-corrected chi connectivity index (χ2v) is 7.35. The van der Waals surface area contributed by atoms with Crippen molar-refractivity contribution in [2.45, 2.75) is 43.9 Å². The smallest absolute Gasteiger partial charge is 0.233 e. The van der Waals surface area contributed by atoms with Crippen molar-refractivity contribution in [3.8, 4) is 11.5 Å². The Kier molecular flexibility index (Phi) is 4.06. The highest BCUT2D eigenvalue weighted by Gasteiger charge is 2.46. The second-order valence-electron chi connectivity index (χ2n) is 7.35. The largest absolute Gasteiger partial charge is 0.454 e. The van der Waals surface area contributed by atoms with E-state index in [1.807, 2.05) is 23.1 Å². The summed E-state index contributed by atoms with van der Waals surface area (Å²) in [6, 6.07) is 5.86. The maximum Gasteiger partial charge on any atom is 0.233 e. The fourth-order valence-corrected chi connectivity index (χ4v) is 4.46. The van der Waals surface area contributed by atoms with E-state index in [0.29, 0.717) is 25.3 Å². The Bertz CT molecular complexity index is 697. The molecule has 25 heavy (non-hydrogen) atoms. The molecule has 0 bridgehead atoms. The molecule has 1 aliphatic carbocycles. The number of fused-ring (bicyclic) bond motifs is 1. The van der Waals surface area contributed by atoms with Crippen molar-refractivity contribution in [1.82, 2.24) is 4.90 Å². The molecular weight excluding hydrogens is 320 g/mol. The van der Waals surface area contributed by atoms with Crippen LogP contribution >= 0.6 is 0 Å². The summed E-state index contributed by atoms with van der Waals surface area (Å²) in [5, 5.41) is 0. The van der Waals surface area contributed by atoms with Crippen LogP contribution in [0.2, 0.25) is 0 Å². The van der Waals surface area contributed by atoms with Crippen molar-refractivity contribution in [3.05, 3.63) is 23.8 Å². The number of nitrogens with zero attached hydrogens (tertiary/aromatic N) is 1. The van der Waals surface area contributed by atoms with E-state index in [2.05, 4.69) is 0 Å². The monoisotopic (exact) mass is 344 g/mol. The highest BCUT2D eigenvalue weighted by molar-refractivity contribution is 5.90. The number of benzene rings is 1. The van der Waals surface area contributed by atoms with Crippen LogP contribution in [0.25, 0.3) is 0 Å². The molecule has 2 N–H and O–H groups in total. The Morgan fingerprint density at radius 1 is 1.12 bits per heavy atom. The molecule has 1 aromatic rings. The second kappa shape index (κ2) is 6.24. The Labute approximate surface area is 147 Å². The average molecular weight is 344 g/mol. The van der Waals surface area contributed by atoms with E-state index in [9.17, 15) is 9.59 Å². The number of carbonyl (C=O) groups excluding carboxylic acids is 2. The molecule has 1 atom stereocenters. The fourth-order valence-electron chi connectivity index (χ4n) is 4.46. The van der Waals surface area contributed by atoms with Gasteiger partial charge in [0.05, 0.1) is 11.3 Å². The van der Waals surface area contributed by atoms with Crippen molar-refractivity contribution in [3.63, 3.8) is 0 Å². The number of carbonyl (C=O) groups is 2. The molecule has 1 saturated carbocycles. The number of primary amides is 1. The van der Waals surface area contributed by atoms with E-state index in [1.165, 1.54) is 0 Å². The van der Waals surface area contributed by atoms with E-state index in [-0.39, 0.29) is 24.5 Å². The van der Waals surface area contributed by atoms with Crippen LogP contribution in [-0.4, -0.2) is 36.6 Å². The van der Waals surface area contributed by atoms with Crippen molar-refractivity contribution >= 4 is 11.8 Å². The van der Waals surface area contributed by atoms with Crippen LogP contribution < -0.4 is 15.2 Å². The number of likely N-dealkylation sites (tertiary alicyclic amines) is 1. The van der Waals surface area contributed by atoms with Gasteiger partial charge < -0.3 is 20.1 Å². The van der Waals surface area contributed by atoms with Crippen molar-refractivity contribution < 1.29 is 19.1 Å². The Morgan fingerprint density at radius 3 is 2.60 bits per heavy atom. The van der Waals surface area contributed by atoms with Crippen LogP contribution in [0.4, 0.5) is 0 Å². The van der Waals surface area contributed by atoms with Gasteiger partial charge in [-0.05, 0) is 37.0 Å². The SMILES string of the molecule is NC(=O)C1CCN(C(=O)C2(c3ccc4c(c3)OCO4)CCCCC2)C1. The first-order valence-electron chi connectivity index (χ1n) is 9.09. The summed E-state index contributed by atoms with van der Waals surface area (Å²) < 4.78 is 10.9. The van der Waals surface area contributed by atoms with Gasteiger partial charge in [-0.2, -0.15) is 0 Å². The highest BCUT2D eigenvalue weighted by atomic mass is 16.7. The number of nitrogens with two attached hydrogens (primary N) is 1. The molecule has 0 aromatic heterocycles. The van der Waals surface area contributed by atoms with E-state index < -0.39 is 5.41 Å². The summed E-state index contributed by atoms with van der Waals surface area (Å²) in [7, 11) is 0. The van der Waals surface area contributed by atoms with Gasteiger partial charge in [-0.1, -0.05) is 25.3 Å². The predicted octanol–water partition coefficient (Wildman–Crippen LogP) is 1.95. The third-order valence-corrected chi connectivity index (χ3v) is 5.92. The van der Waals surface area contributed by atoms with Gasteiger partial charge in [0.25, 0.3) is 0 Å². The van der Waals surface area contributed by atoms with Crippen LogP contribution in [0.5, 0.6) is 11.5 Å². The van der Waals surface area contributed by atoms with Gasteiger partial charge in [0.15, 0.2) is 11.5 Å². The molecule has 6 heteroatoms. The van der Waals surface area contributed by atoms with Gasteiger partial charge in [-0.15, -0.1) is 0 Å². The lowest BCUT2D eigenvalue weighted by atomic mass is 9.68. The van der Waals surface area contributed by atoms with Crippen LogP contribution in [-0.2, 0) is 15.0 Å². The summed E-state index contributed by atoms with van der Waals surface area (Å²) >= 11 is 0. The quantitative estimate of drug-likeness (QED) is 0.909. The Hall–Kier alpha value is -2.24. The molecule has 4 rings (SSSR count). The zero-order chi connectivity index (χ0) is 17.4. The number of hydrogen-bond acceptors (Lipinski definition) is 4. The molecular formula is C19H24N2O4. The number of ether oxygens (including phenoxy) is 2. The zero-order valence-electron chi connectivity index (χ0n) is 14.3. The minimum atomic E-state index is -0.522. The minimum Gasteiger partial charge on any atom is -0.454 e. The third kappa shape index (κ3) is 2.73. The molecule has 2 heterocycles. The summed E-state index contributed by atoms with van der Waals surface area (Å²) in [6.07, 6.45) is 5.56. The molecule has 2 amide bonds. The van der Waals surface area contributed by atoms with E-state index >= 15 is 0 Å². The van der Waals surface area contributed by atoms with Crippen molar-refractivity contribution in [1.29, 1.82) is 0 Å². The van der Waals surface area contributed by atoms with E-state index in [0.717, 1.165) is 43.4 Å². The van der Waals surface area contributed by atoms with Crippen LogP contribution in [0.3, 0.4) is 0 Å². The maximum absolute atomic E-state index is 13.5. The summed E-state index contributed by atoms with van der Waals surface area (Å²) in [5.74, 6) is 1.05. The van der Waals surface area contributed by atoms with Crippen molar-refractivity contribution in [2.24, 2.45) is 11.7 Å². The molecule has 2 aliphatic heterocycles. The predicted molar refractivity (Wildman–Crippen MR) is 91.2 cm³/mol. The van der Waals surface area contributed by atoms with Gasteiger partial charge >= 0.3 is 0 Å². The van der Waals surface area contributed by atoms with Crippen LogP contribution in [0.15, 0.2) is 18.2 Å². The fraction of sp³-hybridized carbons (Fsp3) is 0.579. The average Bonchev–Trinajstić information content (AvgIpc) is 3.30. The van der Waals surface area contributed by atoms with Gasteiger partial charge in [-0.3, -0.25) is 9.59 Å². The molecule has 0 spiro atoms. The van der Waals surface area contributed by atoms with Gasteiger partial charge in [0.2, 0.25) is 18.6 Å². The lowest BCUT2D eigenvalue weighted by Gasteiger charge is -2.39. The molecule has 134 valence electrons. The molecule has 2 fully saturated rings.